The van der Waals surface area contributed by atoms with Gasteiger partial charge in [0.25, 0.3) is 0 Å². The number of hydrogen-bond donors (Lipinski definition) is 0. The number of benzene rings is 1. The van der Waals surface area contributed by atoms with E-state index in [1.165, 1.54) is 12.1 Å². The van der Waals surface area contributed by atoms with Gasteiger partial charge in [-0.1, -0.05) is 24.3 Å². The number of alkyl halides is 4. The van der Waals surface area contributed by atoms with E-state index in [1.807, 2.05) is 41.4 Å². The highest BCUT2D eigenvalue weighted by Crippen LogP contribution is 2.35. The van der Waals surface area contributed by atoms with Crippen molar-refractivity contribution < 1.29 is 22.3 Å². The second kappa shape index (κ2) is 9.29. The second-order valence-corrected chi connectivity index (χ2v) is 8.96. The average Bonchev–Trinajstić information content (AvgIpc) is 2.59. The molecule has 0 aromatic heterocycles. The molecule has 0 amide bonds. The molecule has 0 radical (unpaired) electrons. The maximum atomic E-state index is 12.8. The fourth-order valence-electron chi connectivity index (χ4n) is 1.86. The molecule has 0 unspecified atom stereocenters. The van der Waals surface area contributed by atoms with E-state index in [-0.39, 0.29) is 5.75 Å². The van der Waals surface area contributed by atoms with Gasteiger partial charge in [-0.2, -0.15) is 20.5 Å². The van der Waals surface area contributed by atoms with Crippen LogP contribution in [0.2, 0.25) is 0 Å². The Hall–Kier alpha value is -0.470. The lowest BCUT2D eigenvalue weighted by Gasteiger charge is -2.24. The Morgan fingerprint density at radius 2 is 1.88 bits per heavy atom. The minimum Gasteiger partial charge on any atom is -0.487 e. The molecule has 0 atom stereocenters. The molecule has 1 aliphatic rings. The van der Waals surface area contributed by atoms with Gasteiger partial charge in [-0.3, -0.25) is 0 Å². The van der Waals surface area contributed by atoms with Crippen molar-refractivity contribution in [2.24, 2.45) is 0 Å². The molecule has 2 rings (SSSR count). The molecular weight excluding hydrogens is 380 g/mol. The first-order valence-electron chi connectivity index (χ1n) is 7.24. The Kier molecular flexibility index (Phi) is 7.68. The predicted octanol–water partition coefficient (Wildman–Crippen LogP) is 5.52. The maximum Gasteiger partial charge on any atom is 0.340 e. The van der Waals surface area contributed by atoms with E-state index in [0.717, 1.165) is 17.1 Å². The Bertz CT molecular complexity index is 529. The Balaban J connectivity index is 1.83. The Labute approximate surface area is 152 Å². The Morgan fingerprint density at radius 3 is 2.42 bits per heavy atom. The van der Waals surface area contributed by atoms with Gasteiger partial charge in [-0.15, -0.1) is 23.5 Å². The topological polar surface area (TPSA) is 9.23 Å². The van der Waals surface area contributed by atoms with E-state index in [4.69, 9.17) is 4.74 Å². The molecule has 1 aromatic carbocycles. The molecule has 24 heavy (non-hydrogen) atoms. The lowest BCUT2D eigenvalue weighted by atomic mass is 10.2. The SMILES string of the molecule is CSC1CSC(C=Cc2ccc(OCC(F)(F)C(F)F)cc2)SC1. The molecule has 0 bridgehead atoms. The van der Waals surface area contributed by atoms with Crippen LogP contribution in [0.25, 0.3) is 6.08 Å². The van der Waals surface area contributed by atoms with Crippen LogP contribution in [-0.2, 0) is 0 Å². The van der Waals surface area contributed by atoms with Gasteiger partial charge < -0.3 is 4.74 Å². The van der Waals surface area contributed by atoms with E-state index in [9.17, 15) is 17.6 Å². The first-order chi connectivity index (χ1) is 11.4. The van der Waals surface area contributed by atoms with Crippen LogP contribution in [0.1, 0.15) is 5.56 Å². The molecule has 1 aliphatic heterocycles. The van der Waals surface area contributed by atoms with Crippen LogP contribution >= 0.6 is 35.3 Å². The summed E-state index contributed by atoms with van der Waals surface area (Å²) in [5.41, 5.74) is 0.913. The molecule has 1 saturated heterocycles. The van der Waals surface area contributed by atoms with Crippen LogP contribution in [0.15, 0.2) is 30.3 Å². The van der Waals surface area contributed by atoms with Gasteiger partial charge in [-0.05, 0) is 24.0 Å². The van der Waals surface area contributed by atoms with Gasteiger partial charge in [0.05, 0.1) is 4.58 Å². The van der Waals surface area contributed by atoms with E-state index in [0.29, 0.717) is 9.83 Å². The summed E-state index contributed by atoms with van der Waals surface area (Å²) in [4.78, 5) is 0. The number of ether oxygens (including phenoxy) is 1. The van der Waals surface area contributed by atoms with E-state index in [2.05, 4.69) is 12.3 Å². The summed E-state index contributed by atoms with van der Waals surface area (Å²) in [5.74, 6) is -1.72. The lowest BCUT2D eigenvalue weighted by Crippen LogP contribution is -2.33. The summed E-state index contributed by atoms with van der Waals surface area (Å²) in [6, 6.07) is 6.45. The van der Waals surface area contributed by atoms with Gasteiger partial charge in [0.1, 0.15) is 5.75 Å². The number of thioether (sulfide) groups is 3. The first-order valence-corrected chi connectivity index (χ1v) is 10.6. The quantitative estimate of drug-likeness (QED) is 0.559. The zero-order valence-electron chi connectivity index (χ0n) is 13.0. The standard InChI is InChI=1S/C16H18F4OS3/c1-22-13-8-23-14(24-9-13)7-4-11-2-5-12(6-3-11)21-10-16(19,20)15(17)18/h2-7,13-15H,8-10H2,1H3. The van der Waals surface area contributed by atoms with Crippen molar-refractivity contribution >= 4 is 41.4 Å². The molecule has 0 aliphatic carbocycles. The van der Waals surface area contributed by atoms with E-state index >= 15 is 0 Å². The van der Waals surface area contributed by atoms with Crippen molar-refractivity contribution in [3.63, 3.8) is 0 Å². The smallest absolute Gasteiger partial charge is 0.340 e. The molecule has 1 aromatic rings. The summed E-state index contributed by atoms with van der Waals surface area (Å²) >= 11 is 5.71. The highest BCUT2D eigenvalue weighted by molar-refractivity contribution is 8.19. The van der Waals surface area contributed by atoms with Crippen LogP contribution in [0, 0.1) is 0 Å². The molecule has 0 saturated carbocycles. The van der Waals surface area contributed by atoms with Gasteiger partial charge in [0.15, 0.2) is 6.61 Å². The van der Waals surface area contributed by atoms with Crippen molar-refractivity contribution in [3.8, 4) is 5.75 Å². The van der Waals surface area contributed by atoms with Crippen molar-refractivity contribution in [3.05, 3.63) is 35.9 Å². The van der Waals surface area contributed by atoms with Crippen molar-refractivity contribution in [2.45, 2.75) is 22.2 Å². The summed E-state index contributed by atoms with van der Waals surface area (Å²) in [5, 5.41) is 0.701. The van der Waals surface area contributed by atoms with Crippen LogP contribution < -0.4 is 4.74 Å². The van der Waals surface area contributed by atoms with Crippen LogP contribution in [0.4, 0.5) is 17.6 Å². The van der Waals surface area contributed by atoms with Crippen molar-refractivity contribution in [1.29, 1.82) is 0 Å². The largest absolute Gasteiger partial charge is 0.487 e. The molecular formula is C16H18F4OS3. The highest BCUT2D eigenvalue weighted by Gasteiger charge is 2.41. The van der Waals surface area contributed by atoms with Gasteiger partial charge in [0, 0.05) is 16.8 Å². The number of hydrogen-bond acceptors (Lipinski definition) is 4. The molecule has 0 N–H and O–H groups in total. The van der Waals surface area contributed by atoms with Crippen LogP contribution in [-0.4, -0.2) is 46.5 Å². The van der Waals surface area contributed by atoms with Gasteiger partial charge >= 0.3 is 12.3 Å². The zero-order chi connectivity index (χ0) is 17.6. The fraction of sp³-hybridized carbons (Fsp3) is 0.500. The van der Waals surface area contributed by atoms with Crippen molar-refractivity contribution in [2.75, 3.05) is 24.4 Å². The first kappa shape index (κ1) is 19.8. The van der Waals surface area contributed by atoms with Crippen LogP contribution in [0.5, 0.6) is 5.75 Å². The molecule has 0 spiro atoms. The molecule has 1 heterocycles. The summed E-state index contributed by atoms with van der Waals surface area (Å²) in [7, 11) is 0. The molecule has 134 valence electrons. The van der Waals surface area contributed by atoms with Gasteiger partial charge in [0.2, 0.25) is 0 Å². The lowest BCUT2D eigenvalue weighted by molar-refractivity contribution is -0.148. The van der Waals surface area contributed by atoms with Crippen LogP contribution in [0.3, 0.4) is 0 Å². The van der Waals surface area contributed by atoms with Gasteiger partial charge in [-0.25, -0.2) is 8.78 Å². The summed E-state index contributed by atoms with van der Waals surface area (Å²) in [6.45, 7) is -1.33. The third kappa shape index (κ3) is 6.11. The minimum atomic E-state index is -4.14. The highest BCUT2D eigenvalue weighted by atomic mass is 32.2. The minimum absolute atomic E-state index is 0.150. The zero-order valence-corrected chi connectivity index (χ0v) is 15.4. The third-order valence-corrected chi connectivity index (χ3v) is 7.70. The average molecular weight is 399 g/mol. The molecule has 8 heteroatoms. The third-order valence-electron chi connectivity index (χ3n) is 3.30. The van der Waals surface area contributed by atoms with Crippen molar-refractivity contribution in [1.82, 2.24) is 0 Å². The molecule has 1 nitrogen and oxygen atoms in total. The number of halogens is 4. The maximum absolute atomic E-state index is 12.8. The normalized spacial score (nSPS) is 22.2. The number of rotatable bonds is 7. The summed E-state index contributed by atoms with van der Waals surface area (Å²) in [6.07, 6.45) is 2.49. The summed E-state index contributed by atoms with van der Waals surface area (Å²) < 4.78 is 54.9. The Morgan fingerprint density at radius 1 is 1.25 bits per heavy atom. The predicted molar refractivity (Wildman–Crippen MR) is 97.9 cm³/mol. The monoisotopic (exact) mass is 398 g/mol. The molecule has 1 fully saturated rings. The second-order valence-electron chi connectivity index (χ2n) is 5.17. The van der Waals surface area contributed by atoms with E-state index in [1.54, 1.807) is 12.1 Å². The van der Waals surface area contributed by atoms with E-state index < -0.39 is 19.0 Å². The fourth-order valence-corrected chi connectivity index (χ4v) is 5.84.